The van der Waals surface area contributed by atoms with Gasteiger partial charge < -0.3 is 10.4 Å². The number of rotatable bonds is 4. The van der Waals surface area contributed by atoms with Crippen LogP contribution in [-0.2, 0) is 11.2 Å². The molecule has 2 N–H and O–H groups in total. The molecular formula is C30H33FN2O3. The highest BCUT2D eigenvalue weighted by molar-refractivity contribution is 5.95. The van der Waals surface area contributed by atoms with Gasteiger partial charge in [0.05, 0.1) is 12.1 Å². The largest absolute Gasteiger partial charge is 0.481 e. The van der Waals surface area contributed by atoms with E-state index in [0.29, 0.717) is 29.7 Å². The number of amides is 1. The van der Waals surface area contributed by atoms with E-state index in [0.717, 1.165) is 50.5 Å². The summed E-state index contributed by atoms with van der Waals surface area (Å²) in [4.78, 5) is 28.6. The number of hydrogen-bond acceptors (Lipinski definition) is 3. The third-order valence-corrected chi connectivity index (χ3v) is 9.74. The van der Waals surface area contributed by atoms with Crippen molar-refractivity contribution in [1.82, 2.24) is 10.3 Å². The zero-order chi connectivity index (χ0) is 25.0. The lowest BCUT2D eigenvalue weighted by Crippen LogP contribution is -2.41. The highest BCUT2D eigenvalue weighted by Crippen LogP contribution is 2.63. The zero-order valence-electron chi connectivity index (χ0n) is 20.7. The number of allylic oxidation sites excluding steroid dienone is 2. The molecule has 2 fully saturated rings. The monoisotopic (exact) mass is 488 g/mol. The van der Waals surface area contributed by atoms with Crippen molar-refractivity contribution in [3.05, 3.63) is 70.8 Å². The third-order valence-electron chi connectivity index (χ3n) is 9.74. The summed E-state index contributed by atoms with van der Waals surface area (Å²) < 4.78 is 13.9. The van der Waals surface area contributed by atoms with Crippen molar-refractivity contribution in [2.24, 2.45) is 23.2 Å². The number of hydrogen-bond donors (Lipinski definition) is 2. The van der Waals surface area contributed by atoms with Crippen LogP contribution >= 0.6 is 0 Å². The molecule has 4 aliphatic rings. The van der Waals surface area contributed by atoms with Gasteiger partial charge in [-0.1, -0.05) is 25.5 Å². The number of carboxylic acids is 1. The number of aromatic nitrogens is 1. The molecular weight excluding hydrogens is 455 g/mol. The van der Waals surface area contributed by atoms with Crippen LogP contribution in [0.2, 0.25) is 0 Å². The molecule has 36 heavy (non-hydrogen) atoms. The topological polar surface area (TPSA) is 79.3 Å². The van der Waals surface area contributed by atoms with Gasteiger partial charge in [-0.3, -0.25) is 14.6 Å². The van der Waals surface area contributed by atoms with E-state index in [2.05, 4.69) is 29.4 Å². The first-order chi connectivity index (χ1) is 17.3. The highest BCUT2D eigenvalue weighted by atomic mass is 19.1. The van der Waals surface area contributed by atoms with Crippen LogP contribution in [0.3, 0.4) is 0 Å². The van der Waals surface area contributed by atoms with Gasteiger partial charge in [0.2, 0.25) is 0 Å². The van der Waals surface area contributed by atoms with E-state index >= 15 is 0 Å². The second-order valence-corrected chi connectivity index (χ2v) is 11.5. The van der Waals surface area contributed by atoms with Crippen LogP contribution in [0.15, 0.2) is 42.7 Å². The van der Waals surface area contributed by atoms with E-state index in [1.165, 1.54) is 22.9 Å². The van der Waals surface area contributed by atoms with E-state index in [9.17, 15) is 19.1 Å². The van der Waals surface area contributed by atoms with Gasteiger partial charge in [0, 0.05) is 17.8 Å². The fraction of sp³-hybridized carbons (Fsp3) is 0.500. The molecule has 1 heterocycles. The number of fused-ring (bicyclic) bond motifs is 5. The lowest BCUT2D eigenvalue weighted by Gasteiger charge is -2.50. The van der Waals surface area contributed by atoms with Crippen molar-refractivity contribution >= 4 is 17.4 Å². The smallest absolute Gasteiger partial charge is 0.308 e. The molecule has 1 aromatic carbocycles. The van der Waals surface area contributed by atoms with Crippen molar-refractivity contribution in [2.75, 3.05) is 0 Å². The minimum Gasteiger partial charge on any atom is -0.481 e. The summed E-state index contributed by atoms with van der Waals surface area (Å²) in [5.74, 6) is -0.182. The van der Waals surface area contributed by atoms with Gasteiger partial charge in [-0.2, -0.15) is 0 Å². The molecule has 0 aliphatic heterocycles. The minimum atomic E-state index is -0.822. The predicted molar refractivity (Wildman–Crippen MR) is 135 cm³/mol. The normalized spacial score (nSPS) is 32.7. The highest BCUT2D eigenvalue weighted by Gasteiger charge is 2.52. The molecule has 4 aliphatic carbocycles. The first-order valence-corrected chi connectivity index (χ1v) is 13.3. The molecule has 0 radical (unpaired) electrons. The van der Waals surface area contributed by atoms with Crippen LogP contribution in [0.4, 0.5) is 4.39 Å². The van der Waals surface area contributed by atoms with Gasteiger partial charge in [0.15, 0.2) is 0 Å². The van der Waals surface area contributed by atoms with E-state index < -0.39 is 11.9 Å². The SMILES string of the molecule is C[C@]12CC[C@@H]3c4ccc(C(=O)N[C@H]5CCC[C@@H]5C(=O)O)cc4CC[C@H]3[C@@H]1CC=C2c1cncc(F)c1. The molecule has 0 bridgehead atoms. The number of benzene rings is 1. The molecule has 2 aromatic rings. The Morgan fingerprint density at radius 3 is 2.81 bits per heavy atom. The molecule has 6 atom stereocenters. The van der Waals surface area contributed by atoms with Crippen LogP contribution < -0.4 is 5.32 Å². The van der Waals surface area contributed by atoms with Crippen molar-refractivity contribution in [1.29, 1.82) is 0 Å². The number of pyridine rings is 1. The maximum atomic E-state index is 13.9. The number of halogens is 1. The minimum absolute atomic E-state index is 0.0376. The molecule has 0 saturated heterocycles. The summed E-state index contributed by atoms with van der Waals surface area (Å²) >= 11 is 0. The maximum Gasteiger partial charge on any atom is 0.308 e. The molecule has 0 unspecified atom stereocenters. The van der Waals surface area contributed by atoms with Crippen LogP contribution in [0.25, 0.3) is 5.57 Å². The number of carbonyl (C=O) groups is 2. The van der Waals surface area contributed by atoms with Crippen molar-refractivity contribution in [3.8, 4) is 0 Å². The number of aryl methyl sites for hydroxylation is 1. The van der Waals surface area contributed by atoms with Gasteiger partial charge in [-0.15, -0.1) is 0 Å². The Hall–Kier alpha value is -3.02. The third kappa shape index (κ3) is 3.77. The lowest BCUT2D eigenvalue weighted by molar-refractivity contribution is -0.142. The summed E-state index contributed by atoms with van der Waals surface area (Å²) in [5, 5.41) is 12.4. The van der Waals surface area contributed by atoms with E-state index in [1.54, 1.807) is 12.3 Å². The predicted octanol–water partition coefficient (Wildman–Crippen LogP) is 5.75. The summed E-state index contributed by atoms with van der Waals surface area (Å²) in [5.41, 5.74) is 5.47. The molecule has 188 valence electrons. The number of carbonyl (C=O) groups excluding carboxylic acids is 1. The van der Waals surface area contributed by atoms with Crippen molar-refractivity contribution < 1.29 is 19.1 Å². The molecule has 1 amide bonds. The summed E-state index contributed by atoms with van der Waals surface area (Å²) in [6, 6.07) is 7.43. The van der Waals surface area contributed by atoms with Gasteiger partial charge in [-0.05, 0) is 109 Å². The molecule has 6 rings (SSSR count). The second-order valence-electron chi connectivity index (χ2n) is 11.5. The second kappa shape index (κ2) is 8.82. The van der Waals surface area contributed by atoms with Gasteiger partial charge in [-0.25, -0.2) is 4.39 Å². The Kier molecular flexibility index (Phi) is 5.73. The first kappa shape index (κ1) is 23.4. The standard InChI is InChI=1S/C30H33FN2O3/c1-30-12-11-22-21-7-6-18(28(34)33-27-4-2-3-24(27)29(35)36)13-17(21)5-8-23(22)26(30)10-9-25(30)19-14-20(31)16-32-15-19/h6-7,9,13-16,22-24,26-27H,2-5,8,10-12H2,1H3,(H,33,34)(H,35,36)/t22-,23-,24+,26+,27+,30-/m1/s1. The fourth-order valence-electron chi connectivity index (χ4n) is 7.98. The quantitative estimate of drug-likeness (QED) is 0.574. The van der Waals surface area contributed by atoms with Crippen LogP contribution in [0.1, 0.15) is 84.8 Å². The zero-order valence-corrected chi connectivity index (χ0v) is 20.7. The Bertz CT molecular complexity index is 1260. The molecule has 0 spiro atoms. The summed E-state index contributed by atoms with van der Waals surface area (Å²) in [6.45, 7) is 2.36. The molecule has 1 aromatic heterocycles. The maximum absolute atomic E-state index is 13.9. The lowest BCUT2D eigenvalue weighted by atomic mass is 9.54. The number of nitrogens with zero attached hydrogens (tertiary/aromatic N) is 1. The van der Waals surface area contributed by atoms with E-state index in [4.69, 9.17) is 0 Å². The van der Waals surface area contributed by atoms with Crippen molar-refractivity contribution in [3.63, 3.8) is 0 Å². The van der Waals surface area contributed by atoms with Gasteiger partial charge in [0.1, 0.15) is 5.82 Å². The molecule has 2 saturated carbocycles. The summed E-state index contributed by atoms with van der Waals surface area (Å²) in [6.07, 6.45) is 12.8. The van der Waals surface area contributed by atoms with Crippen molar-refractivity contribution in [2.45, 2.75) is 70.3 Å². The fourth-order valence-corrected chi connectivity index (χ4v) is 7.98. The van der Waals surface area contributed by atoms with Crippen LogP contribution in [-0.4, -0.2) is 28.0 Å². The van der Waals surface area contributed by atoms with Crippen LogP contribution in [0.5, 0.6) is 0 Å². The van der Waals surface area contributed by atoms with Crippen LogP contribution in [0, 0.1) is 29.0 Å². The summed E-state index contributed by atoms with van der Waals surface area (Å²) in [7, 11) is 0. The Labute approximate surface area is 211 Å². The molecule has 6 heteroatoms. The Morgan fingerprint density at radius 1 is 1.14 bits per heavy atom. The van der Waals surface area contributed by atoms with E-state index in [-0.39, 0.29) is 23.2 Å². The van der Waals surface area contributed by atoms with E-state index in [1.807, 2.05) is 12.1 Å². The van der Waals surface area contributed by atoms with Gasteiger partial charge in [0.25, 0.3) is 5.91 Å². The Balaban J connectivity index is 1.20. The number of carboxylic acid groups (broad SMARTS) is 1. The average Bonchev–Trinajstić information content (AvgIpc) is 3.47. The van der Waals surface area contributed by atoms with Gasteiger partial charge >= 0.3 is 5.97 Å². The number of aliphatic carboxylic acids is 1. The number of nitrogens with one attached hydrogen (secondary N) is 1. The molecule has 5 nitrogen and oxygen atoms in total. The first-order valence-electron chi connectivity index (χ1n) is 13.3. The average molecular weight is 489 g/mol. The Morgan fingerprint density at radius 2 is 2.00 bits per heavy atom.